The molecule has 0 amide bonds. The molecule has 7 nitrogen and oxygen atoms in total. The average molecular weight is 413 g/mol. The van der Waals surface area contributed by atoms with Crippen molar-refractivity contribution < 1.29 is 19.4 Å². The highest BCUT2D eigenvalue weighted by Crippen LogP contribution is 2.33. The third kappa shape index (κ3) is 4.32. The number of carbonyl (C=O) groups excluding carboxylic acids is 1. The van der Waals surface area contributed by atoms with Gasteiger partial charge in [-0.1, -0.05) is 19.1 Å². The summed E-state index contributed by atoms with van der Waals surface area (Å²) in [4.78, 5) is 31.1. The normalized spacial score (nSPS) is 11.3. The standard InChI is InChI=1S/C21H22N2O5S/c1-4-11-28-17-13(7-6-8-14(17)27-5-2)9-10-15-22-19(24)16-12(3)18(21(25)26)29-20(16)23-15/h6-10H,4-5,11H2,1-3H3,(H,25,26)(H,22,23,24)/p-1/b10-9+. The molecule has 0 atom stereocenters. The molecule has 0 radical (unpaired) electrons. The van der Waals surface area contributed by atoms with Gasteiger partial charge in [-0.05, 0) is 44.1 Å². The SMILES string of the molecule is CCCOc1c(/C=C/c2nc3sc(C(=O)[O-])c(C)c3c(=O)[nH]2)cccc1OCC. The van der Waals surface area contributed by atoms with Crippen molar-refractivity contribution in [2.24, 2.45) is 0 Å². The number of thiophene rings is 1. The summed E-state index contributed by atoms with van der Waals surface area (Å²) in [6.07, 6.45) is 4.28. The summed E-state index contributed by atoms with van der Waals surface area (Å²) in [5.41, 5.74) is 0.764. The van der Waals surface area contributed by atoms with Crippen LogP contribution in [-0.2, 0) is 0 Å². The van der Waals surface area contributed by atoms with Crippen molar-refractivity contribution >= 4 is 39.7 Å². The van der Waals surface area contributed by atoms with E-state index in [4.69, 9.17) is 9.47 Å². The number of carboxylic acids is 1. The molecule has 0 aliphatic carbocycles. The second-order valence-corrected chi connectivity index (χ2v) is 7.26. The monoisotopic (exact) mass is 413 g/mol. The van der Waals surface area contributed by atoms with Crippen LogP contribution in [0.2, 0.25) is 0 Å². The first-order chi connectivity index (χ1) is 14.0. The Morgan fingerprint density at radius 3 is 2.76 bits per heavy atom. The molecule has 152 valence electrons. The Morgan fingerprint density at radius 1 is 1.28 bits per heavy atom. The van der Waals surface area contributed by atoms with Crippen LogP contribution in [0.25, 0.3) is 22.4 Å². The first-order valence-corrected chi connectivity index (χ1v) is 10.1. The number of rotatable bonds is 8. The van der Waals surface area contributed by atoms with Crippen LogP contribution in [0.1, 0.15) is 46.9 Å². The lowest BCUT2D eigenvalue weighted by Crippen LogP contribution is -2.21. The maximum Gasteiger partial charge on any atom is 0.260 e. The van der Waals surface area contributed by atoms with Gasteiger partial charge in [-0.3, -0.25) is 4.79 Å². The summed E-state index contributed by atoms with van der Waals surface area (Å²) >= 11 is 0.934. The van der Waals surface area contributed by atoms with Crippen molar-refractivity contribution in [2.75, 3.05) is 13.2 Å². The molecular weight excluding hydrogens is 392 g/mol. The summed E-state index contributed by atoms with van der Waals surface area (Å²) in [7, 11) is 0. The predicted molar refractivity (Wildman–Crippen MR) is 112 cm³/mol. The van der Waals surface area contributed by atoms with Crippen LogP contribution in [-0.4, -0.2) is 29.2 Å². The zero-order valence-electron chi connectivity index (χ0n) is 16.4. The second-order valence-electron chi connectivity index (χ2n) is 6.26. The van der Waals surface area contributed by atoms with E-state index in [1.165, 1.54) is 0 Å². The van der Waals surface area contributed by atoms with Gasteiger partial charge in [0.25, 0.3) is 5.56 Å². The minimum Gasteiger partial charge on any atom is -0.544 e. The summed E-state index contributed by atoms with van der Waals surface area (Å²) in [6.45, 7) is 6.56. The van der Waals surface area contributed by atoms with Crippen molar-refractivity contribution in [3.05, 3.63) is 50.4 Å². The molecule has 0 aliphatic heterocycles. The fraction of sp³-hybridized carbons (Fsp3) is 0.286. The Morgan fingerprint density at radius 2 is 2.07 bits per heavy atom. The van der Waals surface area contributed by atoms with Crippen molar-refractivity contribution in [1.29, 1.82) is 0 Å². The van der Waals surface area contributed by atoms with E-state index in [-0.39, 0.29) is 15.8 Å². The quantitative estimate of drug-likeness (QED) is 0.609. The number of carbonyl (C=O) groups is 1. The molecule has 3 aromatic rings. The van der Waals surface area contributed by atoms with Crippen molar-refractivity contribution in [2.45, 2.75) is 27.2 Å². The zero-order chi connectivity index (χ0) is 21.0. The van der Waals surface area contributed by atoms with E-state index in [1.54, 1.807) is 19.1 Å². The van der Waals surface area contributed by atoms with E-state index >= 15 is 0 Å². The van der Waals surface area contributed by atoms with Crippen molar-refractivity contribution in [3.63, 3.8) is 0 Å². The van der Waals surface area contributed by atoms with Gasteiger partial charge in [0.15, 0.2) is 11.5 Å². The van der Waals surface area contributed by atoms with Crippen molar-refractivity contribution in [1.82, 2.24) is 9.97 Å². The van der Waals surface area contributed by atoms with Gasteiger partial charge in [0.2, 0.25) is 0 Å². The zero-order valence-corrected chi connectivity index (χ0v) is 17.2. The largest absolute Gasteiger partial charge is 0.544 e. The molecule has 3 rings (SSSR count). The summed E-state index contributed by atoms with van der Waals surface area (Å²) in [6, 6.07) is 5.58. The molecule has 1 aromatic carbocycles. The molecule has 2 aromatic heterocycles. The Kier molecular flexibility index (Phi) is 6.33. The lowest BCUT2D eigenvalue weighted by molar-refractivity contribution is -0.254. The maximum absolute atomic E-state index is 12.4. The summed E-state index contributed by atoms with van der Waals surface area (Å²) in [5, 5.41) is 11.5. The Labute approximate surface area is 171 Å². The highest BCUT2D eigenvalue weighted by molar-refractivity contribution is 7.20. The number of aryl methyl sites for hydroxylation is 1. The van der Waals surface area contributed by atoms with Crippen LogP contribution >= 0.6 is 11.3 Å². The van der Waals surface area contributed by atoms with Crippen LogP contribution in [0.4, 0.5) is 0 Å². The molecule has 1 N–H and O–H groups in total. The van der Waals surface area contributed by atoms with Crippen LogP contribution in [0.15, 0.2) is 23.0 Å². The average Bonchev–Trinajstić information content (AvgIpc) is 3.03. The Bertz CT molecular complexity index is 1130. The molecular formula is C21H21N2O5S-. The molecule has 0 aliphatic rings. The van der Waals surface area contributed by atoms with E-state index in [0.29, 0.717) is 40.9 Å². The van der Waals surface area contributed by atoms with Gasteiger partial charge in [0.05, 0.1) is 29.4 Å². The number of nitrogens with one attached hydrogen (secondary N) is 1. The third-order valence-electron chi connectivity index (χ3n) is 4.18. The molecule has 0 bridgehead atoms. The number of benzene rings is 1. The number of fused-ring (bicyclic) bond motifs is 1. The Hall–Kier alpha value is -3.13. The molecule has 8 heteroatoms. The molecule has 0 fully saturated rings. The minimum atomic E-state index is -1.31. The number of carboxylic acid groups (broad SMARTS) is 1. The molecule has 0 unspecified atom stereocenters. The van der Waals surface area contributed by atoms with Gasteiger partial charge in [0, 0.05) is 5.56 Å². The van der Waals surface area contributed by atoms with Crippen LogP contribution in [0, 0.1) is 6.92 Å². The molecule has 0 saturated heterocycles. The van der Waals surface area contributed by atoms with Gasteiger partial charge in [0.1, 0.15) is 10.7 Å². The van der Waals surface area contributed by atoms with Gasteiger partial charge in [-0.15, -0.1) is 11.3 Å². The number of aromatic amines is 1. The number of nitrogens with zero attached hydrogens (tertiary/aromatic N) is 1. The fourth-order valence-electron chi connectivity index (χ4n) is 2.89. The number of para-hydroxylation sites is 1. The summed E-state index contributed by atoms with van der Waals surface area (Å²) in [5.74, 6) is 0.277. The van der Waals surface area contributed by atoms with E-state index in [2.05, 4.69) is 9.97 Å². The van der Waals surface area contributed by atoms with Crippen molar-refractivity contribution in [3.8, 4) is 11.5 Å². The number of aromatic nitrogens is 2. The highest BCUT2D eigenvalue weighted by atomic mass is 32.1. The van der Waals surface area contributed by atoms with E-state index < -0.39 is 5.97 Å². The van der Waals surface area contributed by atoms with Crippen LogP contribution < -0.4 is 20.1 Å². The smallest absolute Gasteiger partial charge is 0.260 e. The number of hydrogen-bond acceptors (Lipinski definition) is 7. The van der Waals surface area contributed by atoms with Gasteiger partial charge in [-0.25, -0.2) is 4.98 Å². The minimum absolute atomic E-state index is 0.0128. The van der Waals surface area contributed by atoms with E-state index in [9.17, 15) is 14.7 Å². The lowest BCUT2D eigenvalue weighted by Gasteiger charge is -2.13. The van der Waals surface area contributed by atoms with Gasteiger partial charge in [-0.2, -0.15) is 0 Å². The predicted octanol–water partition coefficient (Wildman–Crippen LogP) is 3.01. The summed E-state index contributed by atoms with van der Waals surface area (Å²) < 4.78 is 11.5. The molecule has 2 heterocycles. The molecule has 0 spiro atoms. The van der Waals surface area contributed by atoms with E-state index in [0.717, 1.165) is 23.3 Å². The first-order valence-electron chi connectivity index (χ1n) is 9.27. The van der Waals surface area contributed by atoms with Crippen LogP contribution in [0.5, 0.6) is 11.5 Å². The number of aromatic carboxylic acids is 1. The third-order valence-corrected chi connectivity index (χ3v) is 5.35. The first kappa shape index (κ1) is 20.6. The molecule has 0 saturated carbocycles. The number of H-pyrrole nitrogens is 1. The highest BCUT2D eigenvalue weighted by Gasteiger charge is 2.14. The lowest BCUT2D eigenvalue weighted by atomic mass is 10.1. The maximum atomic E-state index is 12.4. The Balaban J connectivity index is 2.01. The van der Waals surface area contributed by atoms with E-state index in [1.807, 2.05) is 32.0 Å². The number of hydrogen-bond donors (Lipinski definition) is 1. The second kappa shape index (κ2) is 8.91. The molecule has 29 heavy (non-hydrogen) atoms. The van der Waals surface area contributed by atoms with Crippen LogP contribution in [0.3, 0.4) is 0 Å². The topological polar surface area (TPSA) is 104 Å². The van der Waals surface area contributed by atoms with Gasteiger partial charge >= 0.3 is 0 Å². The fourth-order valence-corrected chi connectivity index (χ4v) is 3.92. The van der Waals surface area contributed by atoms with Gasteiger partial charge < -0.3 is 24.4 Å². The number of ether oxygens (including phenoxy) is 2.